The van der Waals surface area contributed by atoms with Gasteiger partial charge >= 0.3 is 0 Å². The van der Waals surface area contributed by atoms with E-state index >= 15 is 0 Å². The van der Waals surface area contributed by atoms with Gasteiger partial charge in [0.25, 0.3) is 0 Å². The molecule has 0 bridgehead atoms. The van der Waals surface area contributed by atoms with E-state index in [0.29, 0.717) is 6.04 Å². The standard InChI is InChI=1S/C18H26N2O/c1-15(2)19-13-17-9-10-18(21-17)14-20(3)12-11-16-7-5-4-6-8-16/h4-10,15,19H,11-14H2,1-3H3. The molecule has 0 saturated carbocycles. The molecule has 2 rings (SSSR count). The molecular formula is C18H26N2O. The zero-order chi connectivity index (χ0) is 15.1. The van der Waals surface area contributed by atoms with Crippen molar-refractivity contribution in [1.29, 1.82) is 0 Å². The van der Waals surface area contributed by atoms with E-state index in [2.05, 4.69) is 73.6 Å². The van der Waals surface area contributed by atoms with Gasteiger partial charge in [0, 0.05) is 12.6 Å². The van der Waals surface area contributed by atoms with Crippen LogP contribution in [0.25, 0.3) is 0 Å². The normalized spacial score (nSPS) is 11.5. The summed E-state index contributed by atoms with van der Waals surface area (Å²) in [6, 6.07) is 15.2. The number of benzene rings is 1. The number of likely N-dealkylation sites (N-methyl/N-ethyl adjacent to an activating group) is 1. The third-order valence-corrected chi connectivity index (χ3v) is 3.45. The lowest BCUT2D eigenvalue weighted by Gasteiger charge is -2.15. The molecule has 0 saturated heterocycles. The molecule has 2 aromatic rings. The number of hydrogen-bond donors (Lipinski definition) is 1. The molecule has 0 aliphatic heterocycles. The van der Waals surface area contributed by atoms with Gasteiger partial charge in [-0.1, -0.05) is 44.2 Å². The average Bonchev–Trinajstić information content (AvgIpc) is 2.91. The van der Waals surface area contributed by atoms with Crippen LogP contribution in [-0.2, 0) is 19.5 Å². The molecule has 0 radical (unpaired) electrons. The Kier molecular flexibility index (Phi) is 6.03. The van der Waals surface area contributed by atoms with E-state index in [4.69, 9.17) is 4.42 Å². The van der Waals surface area contributed by atoms with Crippen LogP contribution >= 0.6 is 0 Å². The molecule has 21 heavy (non-hydrogen) atoms. The summed E-state index contributed by atoms with van der Waals surface area (Å²) >= 11 is 0. The van der Waals surface area contributed by atoms with Crippen LogP contribution < -0.4 is 5.32 Å². The summed E-state index contributed by atoms with van der Waals surface area (Å²) in [5, 5.41) is 3.37. The van der Waals surface area contributed by atoms with Crippen molar-refractivity contribution in [2.45, 2.75) is 39.4 Å². The van der Waals surface area contributed by atoms with Crippen molar-refractivity contribution in [2.75, 3.05) is 13.6 Å². The summed E-state index contributed by atoms with van der Waals surface area (Å²) in [5.74, 6) is 2.04. The van der Waals surface area contributed by atoms with Crippen LogP contribution in [0.1, 0.15) is 30.9 Å². The van der Waals surface area contributed by atoms with Gasteiger partial charge in [0.2, 0.25) is 0 Å². The number of hydrogen-bond acceptors (Lipinski definition) is 3. The topological polar surface area (TPSA) is 28.4 Å². The Hall–Kier alpha value is -1.58. The summed E-state index contributed by atoms with van der Waals surface area (Å²) in [4.78, 5) is 2.30. The monoisotopic (exact) mass is 286 g/mol. The molecule has 1 aromatic carbocycles. The maximum atomic E-state index is 5.85. The second-order valence-electron chi connectivity index (χ2n) is 5.88. The average molecular weight is 286 g/mol. The molecular weight excluding hydrogens is 260 g/mol. The predicted octanol–water partition coefficient (Wildman–Crippen LogP) is 3.45. The molecule has 1 N–H and O–H groups in total. The summed E-state index contributed by atoms with van der Waals surface area (Å²) in [5.41, 5.74) is 1.38. The third-order valence-electron chi connectivity index (χ3n) is 3.45. The largest absolute Gasteiger partial charge is 0.463 e. The highest BCUT2D eigenvalue weighted by Gasteiger charge is 2.06. The van der Waals surface area contributed by atoms with Crippen LogP contribution in [0, 0.1) is 0 Å². The molecule has 0 spiro atoms. The lowest BCUT2D eigenvalue weighted by molar-refractivity contribution is 0.292. The highest BCUT2D eigenvalue weighted by atomic mass is 16.3. The minimum absolute atomic E-state index is 0.479. The third kappa shape index (κ3) is 5.74. The van der Waals surface area contributed by atoms with Crippen LogP contribution in [0.15, 0.2) is 46.9 Å². The molecule has 0 unspecified atom stereocenters. The number of nitrogens with one attached hydrogen (secondary N) is 1. The van der Waals surface area contributed by atoms with Crippen molar-refractivity contribution in [3.63, 3.8) is 0 Å². The van der Waals surface area contributed by atoms with E-state index in [1.807, 2.05) is 0 Å². The van der Waals surface area contributed by atoms with Gasteiger partial charge in [0.15, 0.2) is 0 Å². The van der Waals surface area contributed by atoms with Gasteiger partial charge in [-0.15, -0.1) is 0 Å². The van der Waals surface area contributed by atoms with Crippen LogP contribution in [-0.4, -0.2) is 24.5 Å². The van der Waals surface area contributed by atoms with Crippen LogP contribution in [0.4, 0.5) is 0 Å². The van der Waals surface area contributed by atoms with Crippen LogP contribution in [0.3, 0.4) is 0 Å². The molecule has 1 heterocycles. The van der Waals surface area contributed by atoms with Crippen molar-refractivity contribution < 1.29 is 4.42 Å². The Morgan fingerprint density at radius 2 is 1.76 bits per heavy atom. The lowest BCUT2D eigenvalue weighted by atomic mass is 10.1. The molecule has 3 nitrogen and oxygen atoms in total. The van der Waals surface area contributed by atoms with E-state index in [1.54, 1.807) is 0 Å². The fraction of sp³-hybridized carbons (Fsp3) is 0.444. The Morgan fingerprint density at radius 3 is 2.48 bits per heavy atom. The van der Waals surface area contributed by atoms with Gasteiger partial charge in [-0.3, -0.25) is 4.90 Å². The fourth-order valence-corrected chi connectivity index (χ4v) is 2.22. The number of furan rings is 1. The number of rotatable bonds is 8. The summed E-state index contributed by atoms with van der Waals surface area (Å²) in [7, 11) is 2.14. The maximum absolute atomic E-state index is 5.85. The summed E-state index contributed by atoms with van der Waals surface area (Å²) in [6.07, 6.45) is 1.07. The predicted molar refractivity (Wildman–Crippen MR) is 87.2 cm³/mol. The van der Waals surface area contributed by atoms with Crippen molar-refractivity contribution in [3.05, 3.63) is 59.5 Å². The molecule has 0 fully saturated rings. The maximum Gasteiger partial charge on any atom is 0.118 e. The first-order valence-electron chi connectivity index (χ1n) is 7.67. The van der Waals surface area contributed by atoms with Gasteiger partial charge in [-0.05, 0) is 31.2 Å². The first kappa shape index (κ1) is 15.8. The van der Waals surface area contributed by atoms with Crippen molar-refractivity contribution >= 4 is 0 Å². The zero-order valence-electron chi connectivity index (χ0n) is 13.3. The minimum atomic E-state index is 0.479. The molecule has 0 amide bonds. The summed E-state index contributed by atoms with van der Waals surface area (Å²) in [6.45, 7) is 6.96. The Labute approximate surface area is 128 Å². The van der Waals surface area contributed by atoms with Gasteiger partial charge in [0.1, 0.15) is 11.5 Å². The second kappa shape index (κ2) is 8.01. The molecule has 0 atom stereocenters. The van der Waals surface area contributed by atoms with Gasteiger partial charge in [-0.25, -0.2) is 0 Å². The molecule has 1 aromatic heterocycles. The van der Waals surface area contributed by atoms with Gasteiger partial charge < -0.3 is 9.73 Å². The minimum Gasteiger partial charge on any atom is -0.463 e. The van der Waals surface area contributed by atoms with Crippen molar-refractivity contribution in [3.8, 4) is 0 Å². The fourth-order valence-electron chi connectivity index (χ4n) is 2.22. The molecule has 114 valence electrons. The highest BCUT2D eigenvalue weighted by molar-refractivity contribution is 5.15. The van der Waals surface area contributed by atoms with Crippen molar-refractivity contribution in [2.24, 2.45) is 0 Å². The first-order chi connectivity index (χ1) is 10.1. The quantitative estimate of drug-likeness (QED) is 0.805. The SMILES string of the molecule is CC(C)NCc1ccc(CN(C)CCc2ccccc2)o1. The van der Waals surface area contributed by atoms with Gasteiger partial charge in [0.05, 0.1) is 13.1 Å². The van der Waals surface area contributed by atoms with E-state index in [1.165, 1.54) is 5.56 Å². The molecule has 0 aliphatic rings. The molecule has 3 heteroatoms. The first-order valence-corrected chi connectivity index (χ1v) is 7.67. The van der Waals surface area contributed by atoms with E-state index in [-0.39, 0.29) is 0 Å². The van der Waals surface area contributed by atoms with Crippen LogP contribution in [0.5, 0.6) is 0 Å². The Morgan fingerprint density at radius 1 is 1.05 bits per heavy atom. The highest BCUT2D eigenvalue weighted by Crippen LogP contribution is 2.11. The Balaban J connectivity index is 1.76. The molecule has 0 aliphatic carbocycles. The summed E-state index contributed by atoms with van der Waals surface area (Å²) < 4.78 is 5.85. The van der Waals surface area contributed by atoms with Gasteiger partial charge in [-0.2, -0.15) is 0 Å². The zero-order valence-corrected chi connectivity index (χ0v) is 13.3. The smallest absolute Gasteiger partial charge is 0.118 e. The van der Waals surface area contributed by atoms with Crippen molar-refractivity contribution in [1.82, 2.24) is 10.2 Å². The van der Waals surface area contributed by atoms with E-state index in [9.17, 15) is 0 Å². The van der Waals surface area contributed by atoms with E-state index < -0.39 is 0 Å². The second-order valence-corrected chi connectivity index (χ2v) is 5.88. The lowest BCUT2D eigenvalue weighted by Crippen LogP contribution is -2.21. The van der Waals surface area contributed by atoms with Crippen LogP contribution in [0.2, 0.25) is 0 Å². The van der Waals surface area contributed by atoms with E-state index in [0.717, 1.165) is 37.6 Å². The Bertz CT molecular complexity index is 519. The number of nitrogens with zero attached hydrogens (tertiary/aromatic N) is 1.